The zero-order chi connectivity index (χ0) is 10.8. The molecule has 15 heavy (non-hydrogen) atoms. The maximum Gasteiger partial charge on any atom is 0.227 e. The van der Waals surface area contributed by atoms with Gasteiger partial charge in [-0.2, -0.15) is 0 Å². The fraction of sp³-hybridized carbons (Fsp3) is 0.273. The highest BCUT2D eigenvalue weighted by Gasteiger charge is 2.23. The summed E-state index contributed by atoms with van der Waals surface area (Å²) >= 11 is 4.96. The third-order valence-corrected chi connectivity index (χ3v) is 2.75. The lowest BCUT2D eigenvalue weighted by atomic mass is 10.1. The van der Waals surface area contributed by atoms with Crippen LogP contribution in [0.2, 0.25) is 0 Å². The highest BCUT2D eigenvalue weighted by molar-refractivity contribution is 7.80. The monoisotopic (exact) mass is 220 g/mol. The predicted molar refractivity (Wildman–Crippen MR) is 63.9 cm³/mol. The van der Waals surface area contributed by atoms with Gasteiger partial charge in [0, 0.05) is 18.5 Å². The van der Waals surface area contributed by atoms with E-state index < -0.39 is 0 Å². The molecule has 0 bridgehead atoms. The summed E-state index contributed by atoms with van der Waals surface area (Å²) < 4.78 is 0. The molecule has 0 radical (unpaired) electrons. The highest BCUT2D eigenvalue weighted by Crippen LogP contribution is 2.25. The minimum atomic E-state index is 0.152. The van der Waals surface area contributed by atoms with Crippen LogP contribution in [0, 0.1) is 0 Å². The van der Waals surface area contributed by atoms with Crippen molar-refractivity contribution in [3.63, 3.8) is 0 Å². The maximum atomic E-state index is 11.6. The Hall–Kier alpha value is -1.42. The first kappa shape index (κ1) is 10.1. The molecule has 2 rings (SSSR count). The van der Waals surface area contributed by atoms with Gasteiger partial charge in [0.2, 0.25) is 5.91 Å². The smallest absolute Gasteiger partial charge is 0.227 e. The number of benzene rings is 1. The van der Waals surface area contributed by atoms with E-state index in [1.165, 1.54) is 0 Å². The number of rotatable bonds is 2. The van der Waals surface area contributed by atoms with Gasteiger partial charge in [0.15, 0.2) is 0 Å². The first-order chi connectivity index (χ1) is 7.20. The summed E-state index contributed by atoms with van der Waals surface area (Å²) in [5.74, 6) is 0.152. The molecule has 1 aromatic rings. The van der Waals surface area contributed by atoms with E-state index in [0.29, 0.717) is 11.4 Å². The molecule has 1 aliphatic rings. The van der Waals surface area contributed by atoms with Gasteiger partial charge in [-0.25, -0.2) is 0 Å². The lowest BCUT2D eigenvalue weighted by Gasteiger charge is -2.18. The molecule has 0 aliphatic carbocycles. The molecular weight excluding hydrogens is 208 g/mol. The average Bonchev–Trinajstić information content (AvgIpc) is 2.64. The average molecular weight is 220 g/mol. The van der Waals surface area contributed by atoms with Crippen molar-refractivity contribution in [1.29, 1.82) is 0 Å². The van der Waals surface area contributed by atoms with Gasteiger partial charge in [-0.15, -0.1) is 0 Å². The van der Waals surface area contributed by atoms with E-state index in [1.54, 1.807) is 4.90 Å². The van der Waals surface area contributed by atoms with Crippen molar-refractivity contribution < 1.29 is 4.79 Å². The Labute approximate surface area is 93.9 Å². The Morgan fingerprint density at radius 3 is 2.73 bits per heavy atom. The maximum absolute atomic E-state index is 11.6. The number of amides is 1. The zero-order valence-electron chi connectivity index (χ0n) is 8.27. The molecule has 1 aromatic carbocycles. The number of nitrogens with two attached hydrogens (primary N) is 1. The fourth-order valence-electron chi connectivity index (χ4n) is 1.82. The third kappa shape index (κ3) is 1.85. The van der Waals surface area contributed by atoms with Crippen molar-refractivity contribution in [3.8, 4) is 0 Å². The zero-order valence-corrected chi connectivity index (χ0v) is 9.09. The molecule has 0 spiro atoms. The Bertz CT molecular complexity index is 417. The minimum Gasteiger partial charge on any atom is -0.389 e. The summed E-state index contributed by atoms with van der Waals surface area (Å²) in [5, 5.41) is 0. The quantitative estimate of drug-likeness (QED) is 0.767. The molecular formula is C11H12N2OS. The van der Waals surface area contributed by atoms with Crippen molar-refractivity contribution in [3.05, 3.63) is 29.8 Å². The summed E-state index contributed by atoms with van der Waals surface area (Å²) in [6.07, 6.45) is 1.52. The van der Waals surface area contributed by atoms with Crippen LogP contribution in [0.1, 0.15) is 18.4 Å². The molecule has 1 aliphatic heterocycles. The molecule has 0 saturated carbocycles. The normalized spacial score (nSPS) is 15.7. The number of thiocarbonyl (C=S) groups is 1. The van der Waals surface area contributed by atoms with Gasteiger partial charge in [0.25, 0.3) is 0 Å². The molecule has 1 saturated heterocycles. The molecule has 4 heteroatoms. The number of hydrogen-bond donors (Lipinski definition) is 1. The Morgan fingerprint density at radius 1 is 1.40 bits per heavy atom. The topological polar surface area (TPSA) is 46.3 Å². The van der Waals surface area contributed by atoms with Gasteiger partial charge in [-0.1, -0.05) is 24.4 Å². The van der Waals surface area contributed by atoms with Crippen LogP contribution in [-0.4, -0.2) is 17.4 Å². The molecule has 0 unspecified atom stereocenters. The summed E-state index contributed by atoms with van der Waals surface area (Å²) in [5.41, 5.74) is 7.24. The van der Waals surface area contributed by atoms with Gasteiger partial charge >= 0.3 is 0 Å². The second-order valence-corrected chi connectivity index (χ2v) is 3.97. The molecule has 0 aromatic heterocycles. The molecule has 3 nitrogen and oxygen atoms in total. The Kier molecular flexibility index (Phi) is 2.68. The molecule has 1 heterocycles. The summed E-state index contributed by atoms with van der Waals surface area (Å²) in [6, 6.07) is 7.50. The van der Waals surface area contributed by atoms with Gasteiger partial charge in [-0.05, 0) is 18.6 Å². The summed E-state index contributed by atoms with van der Waals surface area (Å²) in [4.78, 5) is 13.7. The van der Waals surface area contributed by atoms with Crippen molar-refractivity contribution in [2.75, 3.05) is 11.4 Å². The predicted octanol–water partition coefficient (Wildman–Crippen LogP) is 1.45. The van der Waals surface area contributed by atoms with Crippen LogP contribution in [-0.2, 0) is 4.79 Å². The lowest BCUT2D eigenvalue weighted by Crippen LogP contribution is -2.26. The summed E-state index contributed by atoms with van der Waals surface area (Å²) in [6.45, 7) is 0.762. The fourth-order valence-corrected chi connectivity index (χ4v) is 1.99. The molecule has 1 fully saturated rings. The summed E-state index contributed by atoms with van der Waals surface area (Å²) in [7, 11) is 0. The second-order valence-electron chi connectivity index (χ2n) is 3.53. The Morgan fingerprint density at radius 2 is 2.13 bits per heavy atom. The highest BCUT2D eigenvalue weighted by atomic mass is 32.1. The number of anilines is 1. The molecule has 0 atom stereocenters. The van der Waals surface area contributed by atoms with Gasteiger partial charge in [0.05, 0.1) is 5.69 Å². The van der Waals surface area contributed by atoms with E-state index in [9.17, 15) is 4.79 Å². The molecule has 1 amide bonds. The van der Waals surface area contributed by atoms with Crippen LogP contribution < -0.4 is 10.6 Å². The van der Waals surface area contributed by atoms with E-state index in [4.69, 9.17) is 18.0 Å². The second kappa shape index (κ2) is 3.98. The van der Waals surface area contributed by atoms with Crippen LogP contribution in [0.25, 0.3) is 0 Å². The van der Waals surface area contributed by atoms with Gasteiger partial charge < -0.3 is 10.6 Å². The standard InChI is InChI=1S/C11H12N2OS/c12-11(15)8-4-1-2-5-9(8)13-7-3-6-10(13)14/h1-2,4-5H,3,6-7H2,(H2,12,15). The number of para-hydroxylation sites is 1. The molecule has 78 valence electrons. The van der Waals surface area contributed by atoms with Crippen molar-refractivity contribution in [1.82, 2.24) is 0 Å². The largest absolute Gasteiger partial charge is 0.389 e. The third-order valence-electron chi connectivity index (χ3n) is 2.53. The van der Waals surface area contributed by atoms with Crippen LogP contribution in [0.4, 0.5) is 5.69 Å². The number of hydrogen-bond acceptors (Lipinski definition) is 2. The van der Waals surface area contributed by atoms with E-state index in [-0.39, 0.29) is 5.91 Å². The SMILES string of the molecule is NC(=S)c1ccccc1N1CCCC1=O. The number of carbonyl (C=O) groups excluding carboxylic acids is 1. The molecule has 2 N–H and O–H groups in total. The van der Waals surface area contributed by atoms with Crippen LogP contribution in [0.5, 0.6) is 0 Å². The Balaban J connectivity index is 2.42. The number of carbonyl (C=O) groups is 1. The van der Waals surface area contributed by atoms with E-state index in [1.807, 2.05) is 24.3 Å². The minimum absolute atomic E-state index is 0.152. The first-order valence-electron chi connectivity index (χ1n) is 4.89. The van der Waals surface area contributed by atoms with Crippen molar-refractivity contribution >= 4 is 28.8 Å². The lowest BCUT2D eigenvalue weighted by molar-refractivity contribution is -0.117. The van der Waals surface area contributed by atoms with E-state index in [2.05, 4.69) is 0 Å². The van der Waals surface area contributed by atoms with Gasteiger partial charge in [-0.3, -0.25) is 4.79 Å². The van der Waals surface area contributed by atoms with Crippen LogP contribution in [0.15, 0.2) is 24.3 Å². The van der Waals surface area contributed by atoms with Crippen LogP contribution in [0.3, 0.4) is 0 Å². The van der Waals surface area contributed by atoms with E-state index in [0.717, 1.165) is 24.2 Å². The van der Waals surface area contributed by atoms with E-state index >= 15 is 0 Å². The first-order valence-corrected chi connectivity index (χ1v) is 5.30. The number of nitrogens with zero attached hydrogens (tertiary/aromatic N) is 1. The van der Waals surface area contributed by atoms with Gasteiger partial charge in [0.1, 0.15) is 4.99 Å². The van der Waals surface area contributed by atoms with Crippen molar-refractivity contribution in [2.45, 2.75) is 12.8 Å². The van der Waals surface area contributed by atoms with Crippen LogP contribution >= 0.6 is 12.2 Å². The van der Waals surface area contributed by atoms with Crippen molar-refractivity contribution in [2.24, 2.45) is 5.73 Å².